The average Bonchev–Trinajstić information content (AvgIpc) is 2.13. The predicted molar refractivity (Wildman–Crippen MR) is 54.2 cm³/mol. The third kappa shape index (κ3) is 5.26. The summed E-state index contributed by atoms with van der Waals surface area (Å²) in [5.74, 6) is 2.35. The van der Waals surface area contributed by atoms with Gasteiger partial charge in [0.15, 0.2) is 0 Å². The molecular formula is C10H18N2O. The maximum atomic E-state index is 11.2. The molecule has 1 N–H and O–H groups in total. The van der Waals surface area contributed by atoms with Crippen LogP contribution in [0, 0.1) is 12.3 Å². The highest BCUT2D eigenvalue weighted by Crippen LogP contribution is 1.98. The lowest BCUT2D eigenvalue weighted by molar-refractivity contribution is -0.122. The third-order valence-electron chi connectivity index (χ3n) is 2.12. The Morgan fingerprint density at radius 2 is 2.31 bits per heavy atom. The van der Waals surface area contributed by atoms with Gasteiger partial charge in [0.25, 0.3) is 0 Å². The van der Waals surface area contributed by atoms with Crippen LogP contribution in [0.1, 0.15) is 20.3 Å². The largest absolute Gasteiger partial charge is 0.344 e. The van der Waals surface area contributed by atoms with Crippen LogP contribution in [-0.2, 0) is 4.79 Å². The van der Waals surface area contributed by atoms with E-state index in [-0.39, 0.29) is 5.91 Å². The summed E-state index contributed by atoms with van der Waals surface area (Å²) in [6.45, 7) is 4.92. The first-order chi connectivity index (χ1) is 6.11. The molecule has 0 aliphatic rings. The highest BCUT2D eigenvalue weighted by atomic mass is 16.2. The monoisotopic (exact) mass is 182 g/mol. The fraction of sp³-hybridized carbons (Fsp3) is 0.700. The molecule has 0 rings (SSSR count). The Morgan fingerprint density at radius 3 is 2.77 bits per heavy atom. The number of terminal acetylenes is 1. The molecule has 0 saturated heterocycles. The van der Waals surface area contributed by atoms with Crippen LogP contribution in [0.3, 0.4) is 0 Å². The maximum absolute atomic E-state index is 11.2. The van der Waals surface area contributed by atoms with Crippen molar-refractivity contribution in [3.8, 4) is 12.3 Å². The van der Waals surface area contributed by atoms with E-state index in [0.717, 1.165) is 6.42 Å². The normalized spacial score (nSPS) is 12.2. The highest BCUT2D eigenvalue weighted by molar-refractivity contribution is 5.78. The molecule has 1 unspecified atom stereocenters. The van der Waals surface area contributed by atoms with E-state index in [0.29, 0.717) is 19.1 Å². The van der Waals surface area contributed by atoms with Crippen molar-refractivity contribution in [2.75, 3.05) is 20.1 Å². The molecule has 0 heterocycles. The summed E-state index contributed by atoms with van der Waals surface area (Å²) in [6.07, 6.45) is 6.06. The van der Waals surface area contributed by atoms with Gasteiger partial charge in [-0.1, -0.05) is 12.8 Å². The second-order valence-electron chi connectivity index (χ2n) is 3.15. The van der Waals surface area contributed by atoms with Crippen molar-refractivity contribution in [1.82, 2.24) is 10.2 Å². The predicted octanol–water partition coefficient (Wildman–Crippen LogP) is 0.466. The lowest BCUT2D eigenvalue weighted by atomic mass is 10.2. The average molecular weight is 182 g/mol. The van der Waals surface area contributed by atoms with Gasteiger partial charge >= 0.3 is 0 Å². The molecule has 0 aromatic heterocycles. The molecule has 0 aromatic rings. The fourth-order valence-electron chi connectivity index (χ4n) is 0.900. The van der Waals surface area contributed by atoms with Crippen LogP contribution < -0.4 is 5.32 Å². The summed E-state index contributed by atoms with van der Waals surface area (Å²) in [5, 5.41) is 2.63. The smallest absolute Gasteiger partial charge is 0.234 e. The van der Waals surface area contributed by atoms with Crippen LogP contribution >= 0.6 is 0 Å². The van der Waals surface area contributed by atoms with Crippen LogP contribution in [0.25, 0.3) is 0 Å². The lowest BCUT2D eigenvalue weighted by Gasteiger charge is -2.22. The van der Waals surface area contributed by atoms with Crippen molar-refractivity contribution in [1.29, 1.82) is 0 Å². The minimum atomic E-state index is -0.0132. The quantitative estimate of drug-likeness (QED) is 0.627. The third-order valence-corrected chi connectivity index (χ3v) is 2.12. The van der Waals surface area contributed by atoms with Gasteiger partial charge in [-0.05, 0) is 20.4 Å². The molecule has 0 aliphatic carbocycles. The Morgan fingerprint density at radius 1 is 1.69 bits per heavy atom. The first-order valence-electron chi connectivity index (χ1n) is 4.52. The Hall–Kier alpha value is -1.01. The topological polar surface area (TPSA) is 32.3 Å². The number of hydrogen-bond acceptors (Lipinski definition) is 2. The molecule has 0 fully saturated rings. The molecule has 74 valence electrons. The summed E-state index contributed by atoms with van der Waals surface area (Å²) in [7, 11) is 1.93. The van der Waals surface area contributed by atoms with Crippen LogP contribution in [0.2, 0.25) is 0 Å². The summed E-state index contributed by atoms with van der Waals surface area (Å²) in [5.41, 5.74) is 0. The first-order valence-corrected chi connectivity index (χ1v) is 4.52. The van der Waals surface area contributed by atoms with Crippen molar-refractivity contribution < 1.29 is 4.79 Å². The van der Waals surface area contributed by atoms with Crippen molar-refractivity contribution >= 4 is 5.91 Å². The van der Waals surface area contributed by atoms with Crippen LogP contribution in [0.15, 0.2) is 0 Å². The van der Waals surface area contributed by atoms with Crippen LogP contribution in [0.4, 0.5) is 0 Å². The van der Waals surface area contributed by atoms with Gasteiger partial charge in [0.2, 0.25) is 5.91 Å². The number of carbonyl (C=O) groups excluding carboxylic acids is 1. The summed E-state index contributed by atoms with van der Waals surface area (Å²) in [6, 6.07) is 0.427. The maximum Gasteiger partial charge on any atom is 0.234 e. The van der Waals surface area contributed by atoms with Crippen LogP contribution in [-0.4, -0.2) is 37.0 Å². The molecule has 1 amide bonds. The van der Waals surface area contributed by atoms with E-state index in [9.17, 15) is 4.79 Å². The van der Waals surface area contributed by atoms with Crippen molar-refractivity contribution in [2.45, 2.75) is 26.3 Å². The first kappa shape index (κ1) is 12.0. The SMILES string of the molecule is C#CCNC(=O)CN(C)C(C)CC. The Bertz CT molecular complexity index is 196. The molecular weight excluding hydrogens is 164 g/mol. The van der Waals surface area contributed by atoms with Gasteiger partial charge in [-0.3, -0.25) is 9.69 Å². The number of rotatable bonds is 5. The lowest BCUT2D eigenvalue weighted by Crippen LogP contribution is -2.39. The molecule has 1 atom stereocenters. The molecule has 3 nitrogen and oxygen atoms in total. The van der Waals surface area contributed by atoms with Crippen molar-refractivity contribution in [3.05, 3.63) is 0 Å². The van der Waals surface area contributed by atoms with Gasteiger partial charge in [-0.2, -0.15) is 0 Å². The molecule has 13 heavy (non-hydrogen) atoms. The number of hydrogen-bond donors (Lipinski definition) is 1. The van der Waals surface area contributed by atoms with Gasteiger partial charge in [-0.15, -0.1) is 6.42 Å². The molecule has 3 heteroatoms. The zero-order valence-corrected chi connectivity index (χ0v) is 8.63. The van der Waals surface area contributed by atoms with Crippen LogP contribution in [0.5, 0.6) is 0 Å². The van der Waals surface area contributed by atoms with E-state index in [2.05, 4.69) is 25.1 Å². The Balaban J connectivity index is 3.72. The fourth-order valence-corrected chi connectivity index (χ4v) is 0.900. The molecule has 0 spiro atoms. The molecule has 0 bridgehead atoms. The van der Waals surface area contributed by atoms with E-state index in [1.54, 1.807) is 0 Å². The number of nitrogens with one attached hydrogen (secondary N) is 1. The van der Waals surface area contributed by atoms with Crippen molar-refractivity contribution in [2.24, 2.45) is 0 Å². The van der Waals surface area contributed by atoms with E-state index in [1.807, 2.05) is 11.9 Å². The van der Waals surface area contributed by atoms with Gasteiger partial charge in [-0.25, -0.2) is 0 Å². The van der Waals surface area contributed by atoms with E-state index in [1.165, 1.54) is 0 Å². The van der Waals surface area contributed by atoms with Gasteiger partial charge in [0.05, 0.1) is 13.1 Å². The summed E-state index contributed by atoms with van der Waals surface area (Å²) in [4.78, 5) is 13.2. The summed E-state index contributed by atoms with van der Waals surface area (Å²) < 4.78 is 0. The minimum Gasteiger partial charge on any atom is -0.344 e. The second kappa shape index (κ2) is 6.50. The molecule has 0 aromatic carbocycles. The number of nitrogens with zero attached hydrogens (tertiary/aromatic N) is 1. The van der Waals surface area contributed by atoms with Gasteiger partial charge < -0.3 is 5.32 Å². The zero-order valence-electron chi connectivity index (χ0n) is 8.63. The van der Waals surface area contributed by atoms with Gasteiger partial charge in [0, 0.05) is 6.04 Å². The number of carbonyl (C=O) groups is 1. The van der Waals surface area contributed by atoms with E-state index in [4.69, 9.17) is 6.42 Å². The van der Waals surface area contributed by atoms with E-state index < -0.39 is 0 Å². The summed E-state index contributed by atoms with van der Waals surface area (Å²) >= 11 is 0. The molecule has 0 radical (unpaired) electrons. The number of likely N-dealkylation sites (N-methyl/N-ethyl adjacent to an activating group) is 1. The number of amides is 1. The molecule has 0 saturated carbocycles. The van der Waals surface area contributed by atoms with E-state index >= 15 is 0 Å². The molecule has 0 aliphatic heterocycles. The highest BCUT2D eigenvalue weighted by Gasteiger charge is 2.10. The second-order valence-corrected chi connectivity index (χ2v) is 3.15. The van der Waals surface area contributed by atoms with Gasteiger partial charge in [0.1, 0.15) is 0 Å². The standard InChI is InChI=1S/C10H18N2O/c1-5-7-11-10(13)8-12(4)9(3)6-2/h1,9H,6-8H2,2-4H3,(H,11,13). The zero-order chi connectivity index (χ0) is 10.3. The Labute approximate surface area is 80.5 Å². The Kier molecular flexibility index (Phi) is 5.99. The van der Waals surface area contributed by atoms with Crippen molar-refractivity contribution in [3.63, 3.8) is 0 Å². The minimum absolute atomic E-state index is 0.0132.